The van der Waals surface area contributed by atoms with Crippen molar-refractivity contribution >= 4 is 11.6 Å². The van der Waals surface area contributed by atoms with Gasteiger partial charge in [0.05, 0.1) is 17.6 Å². The third-order valence-electron chi connectivity index (χ3n) is 2.84. The summed E-state index contributed by atoms with van der Waals surface area (Å²) in [5.41, 5.74) is 2.88. The van der Waals surface area contributed by atoms with E-state index in [2.05, 4.69) is 28.8 Å². The molecule has 0 fully saturated rings. The first-order valence-corrected chi connectivity index (χ1v) is 7.42. The predicted molar refractivity (Wildman–Crippen MR) is 83.4 cm³/mol. The number of hydrogen-bond donors (Lipinski definition) is 0. The summed E-state index contributed by atoms with van der Waals surface area (Å²) in [5, 5.41) is 4.40. The fourth-order valence-electron chi connectivity index (χ4n) is 1.92. The Bertz CT molecular complexity index is 655. The van der Waals surface area contributed by atoms with Crippen LogP contribution in [0.3, 0.4) is 0 Å². The molecular formula is C16H18ClN3O. The van der Waals surface area contributed by atoms with Crippen LogP contribution in [0, 0.1) is 18.8 Å². The van der Waals surface area contributed by atoms with Gasteiger partial charge < -0.3 is 4.74 Å². The van der Waals surface area contributed by atoms with E-state index in [1.54, 1.807) is 12.4 Å². The number of rotatable bonds is 5. The largest absolute Gasteiger partial charge is 0.486 e. The molecule has 0 saturated heterocycles. The molecule has 2 aromatic heterocycles. The number of alkyl halides is 1. The highest BCUT2D eigenvalue weighted by atomic mass is 35.5. The Balaban J connectivity index is 2.03. The average molecular weight is 304 g/mol. The summed E-state index contributed by atoms with van der Waals surface area (Å²) < 4.78 is 7.72. The van der Waals surface area contributed by atoms with Crippen LogP contribution in [0.1, 0.15) is 30.3 Å². The number of aromatic nitrogens is 3. The summed E-state index contributed by atoms with van der Waals surface area (Å²) in [7, 11) is 0. The van der Waals surface area contributed by atoms with Gasteiger partial charge in [-0.15, -0.1) is 11.6 Å². The van der Waals surface area contributed by atoms with Crippen LogP contribution >= 0.6 is 11.6 Å². The number of pyridine rings is 1. The van der Waals surface area contributed by atoms with Crippen LogP contribution in [0.4, 0.5) is 0 Å². The van der Waals surface area contributed by atoms with Gasteiger partial charge in [0.25, 0.3) is 0 Å². The van der Waals surface area contributed by atoms with E-state index in [0.29, 0.717) is 24.7 Å². The Labute approximate surface area is 130 Å². The highest BCUT2D eigenvalue weighted by Gasteiger charge is 2.05. The van der Waals surface area contributed by atoms with Crippen LogP contribution in [-0.2, 0) is 13.2 Å². The Morgan fingerprint density at radius 1 is 1.33 bits per heavy atom. The van der Waals surface area contributed by atoms with Crippen LogP contribution in [0.15, 0.2) is 24.5 Å². The molecule has 0 spiro atoms. The van der Waals surface area contributed by atoms with Crippen molar-refractivity contribution in [2.45, 2.75) is 33.4 Å². The van der Waals surface area contributed by atoms with Crippen molar-refractivity contribution < 1.29 is 4.74 Å². The van der Waals surface area contributed by atoms with Gasteiger partial charge in [0, 0.05) is 30.6 Å². The highest BCUT2D eigenvalue weighted by molar-refractivity contribution is 6.18. The maximum atomic E-state index is 5.78. The molecule has 4 nitrogen and oxygen atoms in total. The minimum atomic E-state index is 0.467. The molecule has 0 aliphatic rings. The highest BCUT2D eigenvalue weighted by Crippen LogP contribution is 2.13. The molecular weight excluding hydrogens is 286 g/mol. The summed E-state index contributed by atoms with van der Waals surface area (Å²) in [6.45, 7) is 5.33. The summed E-state index contributed by atoms with van der Waals surface area (Å²) in [4.78, 5) is 4.14. The van der Waals surface area contributed by atoms with Gasteiger partial charge in [-0.25, -0.2) is 0 Å². The van der Waals surface area contributed by atoms with Gasteiger partial charge in [-0.2, -0.15) is 5.10 Å². The monoisotopic (exact) mass is 303 g/mol. The maximum absolute atomic E-state index is 5.78. The van der Waals surface area contributed by atoms with E-state index in [4.69, 9.17) is 16.3 Å². The van der Waals surface area contributed by atoms with Crippen molar-refractivity contribution in [3.05, 3.63) is 41.5 Å². The van der Waals surface area contributed by atoms with Crippen LogP contribution in [0.5, 0.6) is 5.75 Å². The second-order valence-electron chi connectivity index (χ2n) is 4.53. The quantitative estimate of drug-likeness (QED) is 0.629. The zero-order valence-electron chi connectivity index (χ0n) is 12.3. The molecule has 0 saturated carbocycles. The van der Waals surface area contributed by atoms with E-state index in [1.807, 2.05) is 23.7 Å². The third kappa shape index (κ3) is 4.51. The molecule has 0 amide bonds. The molecule has 0 N–H and O–H groups in total. The number of ether oxygens (including phenoxy) is 1. The molecule has 0 aliphatic heterocycles. The summed E-state index contributed by atoms with van der Waals surface area (Å²) in [6.07, 6.45) is 4.07. The van der Waals surface area contributed by atoms with E-state index in [-0.39, 0.29) is 0 Å². The van der Waals surface area contributed by atoms with Crippen molar-refractivity contribution in [2.75, 3.05) is 5.88 Å². The number of aryl methyl sites for hydroxylation is 2. The predicted octanol–water partition coefficient (Wildman–Crippen LogP) is 3.17. The smallest absolute Gasteiger partial charge is 0.139 e. The zero-order valence-corrected chi connectivity index (χ0v) is 13.0. The summed E-state index contributed by atoms with van der Waals surface area (Å²) in [6, 6.07) is 3.91. The molecule has 0 aromatic carbocycles. The minimum Gasteiger partial charge on any atom is -0.486 e. The topological polar surface area (TPSA) is 39.9 Å². The standard InChI is InChI=1S/C16H18ClN3O/c1-3-20-15(8-13(2)19-20)12-21-16-9-14(10-18-11-16)6-4-5-7-17/h8-11H,3,5,7,12H2,1-2H3. The molecule has 2 heterocycles. The lowest BCUT2D eigenvalue weighted by atomic mass is 10.2. The molecule has 5 heteroatoms. The van der Waals surface area contributed by atoms with E-state index in [1.165, 1.54) is 0 Å². The number of halogens is 1. The lowest BCUT2D eigenvalue weighted by Gasteiger charge is -2.07. The Morgan fingerprint density at radius 3 is 2.95 bits per heavy atom. The van der Waals surface area contributed by atoms with Gasteiger partial charge in [-0.05, 0) is 26.0 Å². The van der Waals surface area contributed by atoms with Crippen molar-refractivity contribution in [2.24, 2.45) is 0 Å². The second kappa shape index (κ2) is 7.70. The van der Waals surface area contributed by atoms with Crippen LogP contribution < -0.4 is 4.74 Å². The average Bonchev–Trinajstić information content (AvgIpc) is 2.86. The Morgan fingerprint density at radius 2 is 2.19 bits per heavy atom. The van der Waals surface area contributed by atoms with Crippen molar-refractivity contribution in [3.8, 4) is 17.6 Å². The van der Waals surface area contributed by atoms with Gasteiger partial charge >= 0.3 is 0 Å². The minimum absolute atomic E-state index is 0.467. The fourth-order valence-corrected chi connectivity index (χ4v) is 2.02. The van der Waals surface area contributed by atoms with Gasteiger partial charge in [0.15, 0.2) is 0 Å². The lowest BCUT2D eigenvalue weighted by molar-refractivity contribution is 0.291. The Kier molecular flexibility index (Phi) is 5.65. The molecule has 0 bridgehead atoms. The molecule has 0 unspecified atom stereocenters. The maximum Gasteiger partial charge on any atom is 0.139 e. The summed E-state index contributed by atoms with van der Waals surface area (Å²) in [5.74, 6) is 7.24. The van der Waals surface area contributed by atoms with Crippen molar-refractivity contribution in [1.82, 2.24) is 14.8 Å². The number of nitrogens with zero attached hydrogens (tertiary/aromatic N) is 3. The molecule has 0 atom stereocenters. The number of hydrogen-bond acceptors (Lipinski definition) is 3. The van der Waals surface area contributed by atoms with Gasteiger partial charge in [0.1, 0.15) is 12.4 Å². The van der Waals surface area contributed by atoms with Crippen LogP contribution in [0.2, 0.25) is 0 Å². The molecule has 0 radical (unpaired) electrons. The molecule has 110 valence electrons. The SMILES string of the molecule is CCn1nc(C)cc1COc1cncc(C#CCCCl)c1. The molecule has 2 rings (SSSR count). The van der Waals surface area contributed by atoms with Gasteiger partial charge in [-0.3, -0.25) is 9.67 Å². The first-order chi connectivity index (χ1) is 10.2. The Hall–Kier alpha value is -1.99. The van der Waals surface area contributed by atoms with Crippen LogP contribution in [0.25, 0.3) is 0 Å². The van der Waals surface area contributed by atoms with Crippen molar-refractivity contribution in [1.29, 1.82) is 0 Å². The van der Waals surface area contributed by atoms with Gasteiger partial charge in [0.2, 0.25) is 0 Å². The third-order valence-corrected chi connectivity index (χ3v) is 3.03. The van der Waals surface area contributed by atoms with Gasteiger partial charge in [-0.1, -0.05) is 11.8 Å². The first-order valence-electron chi connectivity index (χ1n) is 6.89. The van der Waals surface area contributed by atoms with E-state index >= 15 is 0 Å². The van der Waals surface area contributed by atoms with Crippen LogP contribution in [-0.4, -0.2) is 20.6 Å². The van der Waals surface area contributed by atoms with E-state index < -0.39 is 0 Å². The van der Waals surface area contributed by atoms with E-state index in [9.17, 15) is 0 Å². The summed E-state index contributed by atoms with van der Waals surface area (Å²) >= 11 is 5.60. The second-order valence-corrected chi connectivity index (χ2v) is 4.91. The molecule has 0 aliphatic carbocycles. The van der Waals surface area contributed by atoms with E-state index in [0.717, 1.165) is 23.5 Å². The molecule has 2 aromatic rings. The molecule has 21 heavy (non-hydrogen) atoms. The fraction of sp³-hybridized carbons (Fsp3) is 0.375. The first kappa shape index (κ1) is 15.4. The van der Waals surface area contributed by atoms with Crippen molar-refractivity contribution in [3.63, 3.8) is 0 Å². The lowest BCUT2D eigenvalue weighted by Crippen LogP contribution is -2.06. The zero-order chi connectivity index (χ0) is 15.1. The normalized spacial score (nSPS) is 10.0.